The van der Waals surface area contributed by atoms with Crippen molar-refractivity contribution >= 4 is 10.2 Å². The number of piperidine rings is 1. The second kappa shape index (κ2) is 6.68. The van der Waals surface area contributed by atoms with Crippen molar-refractivity contribution in [2.24, 2.45) is 0 Å². The van der Waals surface area contributed by atoms with Gasteiger partial charge in [-0.25, -0.2) is 0 Å². The van der Waals surface area contributed by atoms with Gasteiger partial charge in [-0.2, -0.15) is 17.0 Å². The summed E-state index contributed by atoms with van der Waals surface area (Å²) in [7, 11) is -1.40. The van der Waals surface area contributed by atoms with Gasteiger partial charge in [-0.1, -0.05) is 20.3 Å². The van der Waals surface area contributed by atoms with Crippen molar-refractivity contribution in [3.63, 3.8) is 0 Å². The minimum Gasteiger partial charge on any atom is -0.318 e. The molecule has 0 amide bonds. The molecule has 5 nitrogen and oxygen atoms in total. The van der Waals surface area contributed by atoms with E-state index in [1.807, 2.05) is 20.9 Å². The first kappa shape index (κ1) is 14.9. The third-order valence-corrected chi connectivity index (χ3v) is 5.58. The molecule has 1 atom stereocenters. The normalized spacial score (nSPS) is 23.2. The van der Waals surface area contributed by atoms with Gasteiger partial charge < -0.3 is 5.32 Å². The first-order valence-corrected chi connectivity index (χ1v) is 7.89. The van der Waals surface area contributed by atoms with Crippen LogP contribution in [0.4, 0.5) is 0 Å². The lowest BCUT2D eigenvalue weighted by Gasteiger charge is -2.37. The van der Waals surface area contributed by atoms with Gasteiger partial charge in [0.1, 0.15) is 0 Å². The maximum atomic E-state index is 12.5. The average Bonchev–Trinajstić information content (AvgIpc) is 2.31. The standard InChI is InChI=1S/C11H25N3O2S/c1-4-13(5-2)17(15,16)14-9-7-6-8-11(14)10-12-3/h11-12H,4-10H2,1-3H3. The predicted octanol–water partition coefficient (Wildman–Crippen LogP) is 0.647. The summed E-state index contributed by atoms with van der Waals surface area (Å²) in [5.41, 5.74) is 0. The Kier molecular flexibility index (Phi) is 5.85. The summed E-state index contributed by atoms with van der Waals surface area (Å²) >= 11 is 0. The SMILES string of the molecule is CCN(CC)S(=O)(=O)N1CCCCC1CNC. The quantitative estimate of drug-likeness (QED) is 0.765. The number of nitrogens with zero attached hydrogens (tertiary/aromatic N) is 2. The van der Waals surface area contributed by atoms with Crippen LogP contribution in [0, 0.1) is 0 Å². The third-order valence-electron chi connectivity index (χ3n) is 3.34. The van der Waals surface area contributed by atoms with Crippen LogP contribution in [-0.4, -0.2) is 56.3 Å². The van der Waals surface area contributed by atoms with Gasteiger partial charge in [0, 0.05) is 32.2 Å². The van der Waals surface area contributed by atoms with E-state index in [-0.39, 0.29) is 6.04 Å². The number of hydrogen-bond donors (Lipinski definition) is 1. The maximum Gasteiger partial charge on any atom is 0.282 e. The molecule has 6 heteroatoms. The fraction of sp³-hybridized carbons (Fsp3) is 1.00. The zero-order valence-electron chi connectivity index (χ0n) is 11.1. The lowest BCUT2D eigenvalue weighted by Crippen LogP contribution is -2.53. The van der Waals surface area contributed by atoms with E-state index in [0.29, 0.717) is 19.6 Å². The van der Waals surface area contributed by atoms with Crippen molar-refractivity contribution in [1.29, 1.82) is 0 Å². The van der Waals surface area contributed by atoms with E-state index in [2.05, 4.69) is 5.32 Å². The minimum atomic E-state index is -3.27. The van der Waals surface area contributed by atoms with Crippen molar-refractivity contribution in [1.82, 2.24) is 13.9 Å². The molecule has 0 radical (unpaired) electrons. The summed E-state index contributed by atoms with van der Waals surface area (Å²) in [4.78, 5) is 0. The molecule has 0 aromatic carbocycles. The zero-order valence-corrected chi connectivity index (χ0v) is 12.0. The Bertz CT molecular complexity index is 313. The summed E-state index contributed by atoms with van der Waals surface area (Å²) < 4.78 is 28.1. The molecule has 1 unspecified atom stereocenters. The molecular weight excluding hydrogens is 238 g/mol. The molecule has 0 spiro atoms. The van der Waals surface area contributed by atoms with Gasteiger partial charge in [0.05, 0.1) is 0 Å². The Balaban J connectivity index is 2.86. The van der Waals surface area contributed by atoms with Crippen LogP contribution < -0.4 is 5.32 Å². The van der Waals surface area contributed by atoms with Crippen LogP contribution in [-0.2, 0) is 10.2 Å². The van der Waals surface area contributed by atoms with Crippen molar-refractivity contribution in [3.8, 4) is 0 Å². The summed E-state index contributed by atoms with van der Waals surface area (Å²) in [6, 6.07) is 0.111. The largest absolute Gasteiger partial charge is 0.318 e. The first-order chi connectivity index (χ1) is 8.07. The predicted molar refractivity (Wildman–Crippen MR) is 70.1 cm³/mol. The van der Waals surface area contributed by atoms with Gasteiger partial charge in [0.15, 0.2) is 0 Å². The number of likely N-dealkylation sites (N-methyl/N-ethyl adjacent to an activating group) is 1. The Morgan fingerprint density at radius 1 is 1.29 bits per heavy atom. The smallest absolute Gasteiger partial charge is 0.282 e. The maximum absolute atomic E-state index is 12.5. The highest BCUT2D eigenvalue weighted by molar-refractivity contribution is 7.86. The highest BCUT2D eigenvalue weighted by Crippen LogP contribution is 2.22. The average molecular weight is 263 g/mol. The number of nitrogens with one attached hydrogen (secondary N) is 1. The Labute approximate surface area is 105 Å². The second-order valence-corrected chi connectivity index (χ2v) is 6.29. The molecule has 0 aliphatic carbocycles. The van der Waals surface area contributed by atoms with Crippen molar-refractivity contribution in [2.45, 2.75) is 39.2 Å². The van der Waals surface area contributed by atoms with E-state index in [9.17, 15) is 8.42 Å². The van der Waals surface area contributed by atoms with Crippen LogP contribution in [0.25, 0.3) is 0 Å². The fourth-order valence-electron chi connectivity index (χ4n) is 2.42. The van der Waals surface area contributed by atoms with Crippen LogP contribution in [0.3, 0.4) is 0 Å². The molecule has 0 saturated carbocycles. The van der Waals surface area contributed by atoms with Crippen LogP contribution in [0.2, 0.25) is 0 Å². The van der Waals surface area contributed by atoms with E-state index >= 15 is 0 Å². The Morgan fingerprint density at radius 2 is 1.94 bits per heavy atom. The highest BCUT2D eigenvalue weighted by Gasteiger charge is 2.34. The van der Waals surface area contributed by atoms with Crippen molar-refractivity contribution in [2.75, 3.05) is 33.2 Å². The second-order valence-electron chi connectivity index (χ2n) is 4.41. The highest BCUT2D eigenvalue weighted by atomic mass is 32.2. The molecular formula is C11H25N3O2S. The molecule has 1 rings (SSSR count). The zero-order chi connectivity index (χ0) is 12.9. The van der Waals surface area contributed by atoms with E-state index in [4.69, 9.17) is 0 Å². The summed E-state index contributed by atoms with van der Waals surface area (Å²) in [6.07, 6.45) is 3.05. The molecule has 1 saturated heterocycles. The van der Waals surface area contributed by atoms with E-state index in [1.54, 1.807) is 8.61 Å². The van der Waals surface area contributed by atoms with Gasteiger partial charge >= 0.3 is 0 Å². The minimum absolute atomic E-state index is 0.111. The summed E-state index contributed by atoms with van der Waals surface area (Å²) in [5, 5.41) is 3.09. The van der Waals surface area contributed by atoms with Gasteiger partial charge in [-0.3, -0.25) is 0 Å². The summed E-state index contributed by atoms with van der Waals surface area (Å²) in [5.74, 6) is 0. The molecule has 0 aromatic rings. The van der Waals surface area contributed by atoms with Gasteiger partial charge in [-0.15, -0.1) is 0 Å². The fourth-order valence-corrected chi connectivity index (χ4v) is 4.28. The lowest BCUT2D eigenvalue weighted by atomic mass is 10.1. The van der Waals surface area contributed by atoms with Gasteiger partial charge in [0.25, 0.3) is 10.2 Å². The van der Waals surface area contributed by atoms with Crippen LogP contribution in [0.15, 0.2) is 0 Å². The Morgan fingerprint density at radius 3 is 2.47 bits per heavy atom. The molecule has 1 heterocycles. The molecule has 1 aliphatic rings. The van der Waals surface area contributed by atoms with Crippen LogP contribution in [0.5, 0.6) is 0 Å². The van der Waals surface area contributed by atoms with Crippen LogP contribution >= 0.6 is 0 Å². The summed E-state index contributed by atoms with van der Waals surface area (Å²) in [6.45, 7) is 6.26. The van der Waals surface area contributed by atoms with Crippen molar-refractivity contribution in [3.05, 3.63) is 0 Å². The number of rotatable bonds is 6. The van der Waals surface area contributed by atoms with E-state index < -0.39 is 10.2 Å². The number of hydrogen-bond acceptors (Lipinski definition) is 3. The van der Waals surface area contributed by atoms with Crippen molar-refractivity contribution < 1.29 is 8.42 Å². The van der Waals surface area contributed by atoms with E-state index in [0.717, 1.165) is 25.8 Å². The third kappa shape index (κ3) is 3.40. The van der Waals surface area contributed by atoms with Crippen LogP contribution in [0.1, 0.15) is 33.1 Å². The lowest BCUT2D eigenvalue weighted by molar-refractivity contribution is 0.231. The molecule has 17 heavy (non-hydrogen) atoms. The molecule has 1 fully saturated rings. The molecule has 1 N–H and O–H groups in total. The van der Waals surface area contributed by atoms with E-state index in [1.165, 1.54) is 0 Å². The van der Waals surface area contributed by atoms with Gasteiger partial charge in [0.2, 0.25) is 0 Å². The first-order valence-electron chi connectivity index (χ1n) is 6.49. The molecule has 0 aromatic heterocycles. The molecule has 1 aliphatic heterocycles. The topological polar surface area (TPSA) is 52.7 Å². The van der Waals surface area contributed by atoms with Gasteiger partial charge in [-0.05, 0) is 19.9 Å². The Hall–Kier alpha value is -0.170. The molecule has 102 valence electrons. The monoisotopic (exact) mass is 263 g/mol. The molecule has 0 bridgehead atoms.